The molecule has 0 N–H and O–H groups in total. The van der Waals surface area contributed by atoms with Gasteiger partial charge in [0.1, 0.15) is 0 Å². The van der Waals surface area contributed by atoms with Crippen LogP contribution < -0.4 is 0 Å². The van der Waals surface area contributed by atoms with E-state index in [1.807, 2.05) is 13.8 Å². The highest BCUT2D eigenvalue weighted by Crippen LogP contribution is 2.33. The molecule has 1 aliphatic rings. The van der Waals surface area contributed by atoms with Gasteiger partial charge in [0.2, 0.25) is 15.9 Å². The van der Waals surface area contributed by atoms with Gasteiger partial charge in [0.25, 0.3) is 0 Å². The Morgan fingerprint density at radius 1 is 1.06 bits per heavy atom. The van der Waals surface area contributed by atoms with Crippen LogP contribution in [-0.2, 0) is 34.0 Å². The normalized spacial score (nSPS) is 15.6. The molecule has 0 saturated heterocycles. The van der Waals surface area contributed by atoms with Gasteiger partial charge < -0.3 is 4.90 Å². The maximum absolute atomic E-state index is 13.5. The lowest BCUT2D eigenvalue weighted by Crippen LogP contribution is -2.38. The Bertz CT molecular complexity index is 1110. The van der Waals surface area contributed by atoms with Crippen LogP contribution >= 0.6 is 0 Å². The predicted molar refractivity (Wildman–Crippen MR) is 120 cm³/mol. The number of carbonyl (C=O) groups is 1. The van der Waals surface area contributed by atoms with Crippen LogP contribution in [0, 0.1) is 5.92 Å². The van der Waals surface area contributed by atoms with Crippen LogP contribution in [0.4, 0.5) is 13.2 Å². The molecular formula is C24H29F3N2O3S. The molecule has 1 aliphatic heterocycles. The van der Waals surface area contributed by atoms with Crippen molar-refractivity contribution in [1.29, 1.82) is 0 Å². The Morgan fingerprint density at radius 3 is 2.24 bits per heavy atom. The molecule has 1 heterocycles. The van der Waals surface area contributed by atoms with Crippen LogP contribution in [-0.4, -0.2) is 36.6 Å². The van der Waals surface area contributed by atoms with Crippen molar-refractivity contribution in [1.82, 2.24) is 9.21 Å². The van der Waals surface area contributed by atoms with Crippen molar-refractivity contribution in [3.63, 3.8) is 0 Å². The van der Waals surface area contributed by atoms with E-state index in [1.54, 1.807) is 36.9 Å². The highest BCUT2D eigenvalue weighted by Gasteiger charge is 2.33. The van der Waals surface area contributed by atoms with E-state index in [0.717, 1.165) is 23.3 Å². The van der Waals surface area contributed by atoms with Crippen molar-refractivity contribution >= 4 is 15.9 Å². The lowest BCUT2D eigenvalue weighted by atomic mass is 9.99. The maximum atomic E-state index is 13.5. The third-order valence-electron chi connectivity index (χ3n) is 6.07. The summed E-state index contributed by atoms with van der Waals surface area (Å²) in [7, 11) is -3.92. The molecule has 0 aliphatic carbocycles. The highest BCUT2D eigenvalue weighted by atomic mass is 32.2. The van der Waals surface area contributed by atoms with E-state index in [4.69, 9.17) is 0 Å². The van der Waals surface area contributed by atoms with Gasteiger partial charge in [0, 0.05) is 31.6 Å². The summed E-state index contributed by atoms with van der Waals surface area (Å²) >= 11 is 0. The summed E-state index contributed by atoms with van der Waals surface area (Å²) < 4.78 is 66.9. The monoisotopic (exact) mass is 482 g/mol. The van der Waals surface area contributed by atoms with Gasteiger partial charge in [0.15, 0.2) is 0 Å². The largest absolute Gasteiger partial charge is 0.416 e. The fraction of sp³-hybridized carbons (Fsp3) is 0.458. The van der Waals surface area contributed by atoms with Crippen LogP contribution in [0.2, 0.25) is 0 Å². The number of benzene rings is 2. The molecule has 1 atom stereocenters. The van der Waals surface area contributed by atoms with Crippen LogP contribution in [0.25, 0.3) is 0 Å². The first kappa shape index (κ1) is 25.2. The third kappa shape index (κ3) is 5.24. The molecule has 1 unspecified atom stereocenters. The first-order chi connectivity index (χ1) is 15.4. The lowest BCUT2D eigenvalue weighted by Gasteiger charge is -2.31. The molecule has 3 rings (SSSR count). The summed E-state index contributed by atoms with van der Waals surface area (Å²) in [4.78, 5) is 14.3. The Labute approximate surface area is 193 Å². The number of hydrogen-bond acceptors (Lipinski definition) is 3. The molecule has 5 nitrogen and oxygen atoms in total. The molecule has 0 aromatic heterocycles. The second-order valence-electron chi connectivity index (χ2n) is 8.60. The maximum Gasteiger partial charge on any atom is 0.416 e. The number of rotatable bonds is 6. The minimum atomic E-state index is -4.45. The number of alkyl halides is 3. The molecule has 0 fully saturated rings. The Kier molecular flexibility index (Phi) is 7.24. The quantitative estimate of drug-likeness (QED) is 0.581. The molecule has 2 aromatic carbocycles. The van der Waals surface area contributed by atoms with Crippen LogP contribution in [0.5, 0.6) is 0 Å². The number of fused-ring (bicyclic) bond motifs is 1. The zero-order chi connectivity index (χ0) is 24.6. The van der Waals surface area contributed by atoms with Crippen molar-refractivity contribution in [3.8, 4) is 0 Å². The smallest absolute Gasteiger partial charge is 0.338 e. The van der Waals surface area contributed by atoms with Gasteiger partial charge in [-0.3, -0.25) is 4.79 Å². The summed E-state index contributed by atoms with van der Waals surface area (Å²) in [6.07, 6.45) is -3.79. The average molecular weight is 483 g/mol. The highest BCUT2D eigenvalue weighted by molar-refractivity contribution is 7.89. The molecule has 1 amide bonds. The van der Waals surface area contributed by atoms with Crippen molar-refractivity contribution in [2.75, 3.05) is 13.1 Å². The summed E-state index contributed by atoms with van der Waals surface area (Å²) in [6.45, 7) is 8.13. The zero-order valence-electron chi connectivity index (χ0n) is 19.2. The molecular weight excluding hydrogens is 453 g/mol. The summed E-state index contributed by atoms with van der Waals surface area (Å²) in [5, 5.41) is 0. The second-order valence-corrected chi connectivity index (χ2v) is 10.5. The van der Waals surface area contributed by atoms with Crippen LogP contribution in [0.1, 0.15) is 56.0 Å². The van der Waals surface area contributed by atoms with Crippen molar-refractivity contribution in [2.45, 2.75) is 57.8 Å². The average Bonchev–Trinajstić information content (AvgIpc) is 2.77. The van der Waals surface area contributed by atoms with E-state index in [2.05, 4.69) is 0 Å². The summed E-state index contributed by atoms with van der Waals surface area (Å²) in [5.74, 6) is -0.112. The number of halogens is 3. The minimum absolute atomic E-state index is 0.0278. The van der Waals surface area contributed by atoms with E-state index >= 15 is 0 Å². The van der Waals surface area contributed by atoms with Gasteiger partial charge in [-0.2, -0.15) is 17.5 Å². The molecule has 2 aromatic rings. The van der Waals surface area contributed by atoms with E-state index in [-0.39, 0.29) is 23.3 Å². The standard InChI is InChI=1S/C24H29F3N2O3S/c1-5-29(17(4)18-6-9-21(10-7-18)24(25,26)27)33(31,32)22-11-8-19-12-13-28(15-20(19)14-22)23(30)16(2)3/h6-11,14,16-17H,5,12-13,15H2,1-4H3. The van der Waals surface area contributed by atoms with Crippen molar-refractivity contribution in [3.05, 3.63) is 64.7 Å². The summed E-state index contributed by atoms with van der Waals surface area (Å²) in [5.41, 5.74) is 1.51. The van der Waals surface area contributed by atoms with Gasteiger partial charge in [0.05, 0.1) is 10.5 Å². The third-order valence-corrected chi connectivity index (χ3v) is 8.11. The molecule has 0 spiro atoms. The molecule has 0 saturated carbocycles. The van der Waals surface area contributed by atoms with Gasteiger partial charge >= 0.3 is 6.18 Å². The van der Waals surface area contributed by atoms with Crippen LogP contribution in [0.15, 0.2) is 47.4 Å². The predicted octanol–water partition coefficient (Wildman–Crippen LogP) is 5.02. The van der Waals surface area contributed by atoms with E-state index < -0.39 is 27.8 Å². The number of hydrogen-bond donors (Lipinski definition) is 0. The number of sulfonamides is 1. The molecule has 0 radical (unpaired) electrons. The topological polar surface area (TPSA) is 57.7 Å². The molecule has 0 bridgehead atoms. The molecule has 33 heavy (non-hydrogen) atoms. The fourth-order valence-electron chi connectivity index (χ4n) is 4.15. The van der Waals surface area contributed by atoms with Crippen molar-refractivity contribution < 1.29 is 26.4 Å². The SMILES string of the molecule is CCN(C(C)c1ccc(C(F)(F)F)cc1)S(=O)(=O)c1ccc2c(c1)CN(C(=O)C(C)C)CC2. The van der Waals surface area contributed by atoms with E-state index in [0.29, 0.717) is 25.1 Å². The minimum Gasteiger partial charge on any atom is -0.338 e. The first-order valence-corrected chi connectivity index (χ1v) is 12.4. The molecule has 180 valence electrons. The number of nitrogens with zero attached hydrogens (tertiary/aromatic N) is 2. The lowest BCUT2D eigenvalue weighted by molar-refractivity contribution is -0.137. The number of amides is 1. The van der Waals surface area contributed by atoms with Gasteiger partial charge in [-0.25, -0.2) is 8.42 Å². The van der Waals surface area contributed by atoms with Gasteiger partial charge in [-0.15, -0.1) is 0 Å². The van der Waals surface area contributed by atoms with E-state index in [1.165, 1.54) is 16.4 Å². The van der Waals surface area contributed by atoms with Crippen molar-refractivity contribution in [2.24, 2.45) is 5.92 Å². The Balaban J connectivity index is 1.89. The Hall–Kier alpha value is -2.39. The first-order valence-electron chi connectivity index (χ1n) is 11.0. The molecule has 9 heteroatoms. The van der Waals surface area contributed by atoms with Gasteiger partial charge in [-0.05, 0) is 54.3 Å². The van der Waals surface area contributed by atoms with E-state index in [9.17, 15) is 26.4 Å². The van der Waals surface area contributed by atoms with Gasteiger partial charge in [-0.1, -0.05) is 39.0 Å². The fourth-order valence-corrected chi connectivity index (χ4v) is 5.83. The Morgan fingerprint density at radius 2 is 1.70 bits per heavy atom. The number of carbonyl (C=O) groups excluding carboxylic acids is 1. The zero-order valence-corrected chi connectivity index (χ0v) is 20.0. The summed E-state index contributed by atoms with van der Waals surface area (Å²) in [6, 6.07) is 8.87. The van der Waals surface area contributed by atoms with Crippen LogP contribution in [0.3, 0.4) is 0 Å². The second kappa shape index (κ2) is 9.46.